The fraction of sp³-hybridized carbons (Fsp3) is 0.364. The zero-order valence-corrected chi connectivity index (χ0v) is 17.3. The van der Waals surface area contributed by atoms with Crippen molar-refractivity contribution >= 4 is 39.9 Å². The van der Waals surface area contributed by atoms with Crippen molar-refractivity contribution in [2.45, 2.75) is 44.6 Å². The fourth-order valence-electron chi connectivity index (χ4n) is 4.10. The lowest BCUT2D eigenvalue weighted by molar-refractivity contribution is 0.144. The average molecular weight is 411 g/mol. The van der Waals surface area contributed by atoms with Crippen LogP contribution < -0.4 is 11.1 Å². The van der Waals surface area contributed by atoms with Crippen LogP contribution in [0.5, 0.6) is 0 Å². The molecule has 1 aliphatic rings. The molecule has 2 unspecified atom stereocenters. The van der Waals surface area contributed by atoms with Crippen LogP contribution in [0.3, 0.4) is 0 Å². The summed E-state index contributed by atoms with van der Waals surface area (Å²) in [4.78, 5) is 20.8. The number of nitrogens with one attached hydrogen (secondary N) is 2. The number of thiophene rings is 1. The van der Waals surface area contributed by atoms with Crippen LogP contribution in [0.25, 0.3) is 10.9 Å². The molecular weight excluding hydrogens is 384 g/mol. The highest BCUT2D eigenvalue weighted by atomic mass is 32.1. The van der Waals surface area contributed by atoms with Gasteiger partial charge in [-0.2, -0.15) is 0 Å². The van der Waals surface area contributed by atoms with Crippen molar-refractivity contribution in [1.29, 1.82) is 0 Å². The Morgan fingerprint density at radius 3 is 3.07 bits per heavy atom. The molecule has 152 valence electrons. The minimum atomic E-state index is -0.322. The second-order valence-corrected chi connectivity index (χ2v) is 8.32. The number of carbonyl (C=O) groups excluding carboxylic acids is 1. The molecule has 1 amide bonds. The molecule has 1 aliphatic carbocycles. The van der Waals surface area contributed by atoms with Crippen LogP contribution in [-0.4, -0.2) is 29.6 Å². The molecule has 1 aromatic carbocycles. The maximum absolute atomic E-state index is 11.8. The van der Waals surface area contributed by atoms with E-state index in [9.17, 15) is 4.79 Å². The van der Waals surface area contributed by atoms with E-state index in [0.717, 1.165) is 41.8 Å². The van der Waals surface area contributed by atoms with Crippen molar-refractivity contribution in [3.63, 3.8) is 0 Å². The Bertz CT molecular complexity index is 1010. The molecule has 1 fully saturated rings. The third-order valence-corrected chi connectivity index (χ3v) is 6.32. The fourth-order valence-corrected chi connectivity index (χ4v) is 4.73. The third-order valence-electron chi connectivity index (χ3n) is 5.43. The summed E-state index contributed by atoms with van der Waals surface area (Å²) < 4.78 is 5.04. The number of amides is 1. The molecule has 2 heterocycles. The van der Waals surface area contributed by atoms with E-state index in [-0.39, 0.29) is 12.1 Å². The number of hydrogen-bond donors (Lipinski definition) is 3. The Balaban J connectivity index is 1.56. The first kappa shape index (κ1) is 19.5. The summed E-state index contributed by atoms with van der Waals surface area (Å²) >= 11 is 1.58. The maximum Gasteiger partial charge on any atom is 0.407 e. The second-order valence-electron chi connectivity index (χ2n) is 7.37. The Labute approximate surface area is 174 Å². The van der Waals surface area contributed by atoms with Gasteiger partial charge in [-0.1, -0.05) is 12.5 Å². The highest BCUT2D eigenvalue weighted by molar-refractivity contribution is 7.12. The van der Waals surface area contributed by atoms with Crippen molar-refractivity contribution in [3.8, 4) is 0 Å². The van der Waals surface area contributed by atoms with Gasteiger partial charge in [-0.15, -0.1) is 11.3 Å². The number of aliphatic imine (C=N–C) groups is 1. The number of fused-ring (bicyclic) bond motifs is 1. The molecule has 4 N–H and O–H groups in total. The molecule has 29 heavy (non-hydrogen) atoms. The van der Waals surface area contributed by atoms with E-state index >= 15 is 0 Å². The number of alkyl carbamates (subject to hydrolysis) is 1. The minimum Gasteiger partial charge on any atom is -0.450 e. The number of rotatable bonds is 5. The third kappa shape index (κ3) is 4.45. The van der Waals surface area contributed by atoms with Gasteiger partial charge in [-0.3, -0.25) is 0 Å². The monoisotopic (exact) mass is 410 g/mol. The van der Waals surface area contributed by atoms with Crippen molar-refractivity contribution in [1.82, 2.24) is 10.3 Å². The van der Waals surface area contributed by atoms with Gasteiger partial charge in [0.15, 0.2) is 0 Å². The van der Waals surface area contributed by atoms with Crippen LogP contribution in [0.2, 0.25) is 0 Å². The number of benzene rings is 1. The normalized spacial score (nSPS) is 20.0. The number of hydrogen-bond acceptors (Lipinski definition) is 4. The van der Waals surface area contributed by atoms with Gasteiger partial charge in [0.25, 0.3) is 0 Å². The Morgan fingerprint density at radius 2 is 2.28 bits per heavy atom. The van der Waals surface area contributed by atoms with Gasteiger partial charge in [0.1, 0.15) is 5.84 Å². The molecule has 4 rings (SSSR count). The lowest BCUT2D eigenvalue weighted by Gasteiger charge is -2.29. The number of nitrogens with two attached hydrogens (primary N) is 1. The van der Waals surface area contributed by atoms with Crippen LogP contribution in [0, 0.1) is 0 Å². The Hall–Kier alpha value is -2.80. The van der Waals surface area contributed by atoms with Gasteiger partial charge >= 0.3 is 6.09 Å². The predicted molar refractivity (Wildman–Crippen MR) is 118 cm³/mol. The average Bonchev–Trinajstić information content (AvgIpc) is 3.38. The first-order valence-electron chi connectivity index (χ1n) is 10.1. The molecule has 6 nitrogen and oxygen atoms in total. The van der Waals surface area contributed by atoms with Gasteiger partial charge < -0.3 is 20.8 Å². The lowest BCUT2D eigenvalue weighted by Crippen LogP contribution is -2.38. The summed E-state index contributed by atoms with van der Waals surface area (Å²) in [5.41, 5.74) is 9.38. The summed E-state index contributed by atoms with van der Waals surface area (Å²) in [7, 11) is 0. The van der Waals surface area contributed by atoms with Crippen molar-refractivity contribution < 1.29 is 9.53 Å². The summed E-state index contributed by atoms with van der Waals surface area (Å²) in [6.07, 6.45) is 5.87. The van der Waals surface area contributed by atoms with Crippen LogP contribution in [-0.2, 0) is 4.74 Å². The van der Waals surface area contributed by atoms with Crippen molar-refractivity contribution in [2.75, 3.05) is 6.61 Å². The number of nitrogens with zero attached hydrogens (tertiary/aromatic N) is 1. The molecule has 1 saturated carbocycles. The second kappa shape index (κ2) is 8.69. The number of aromatic nitrogens is 1. The number of carbonyl (C=O) groups is 1. The molecular formula is C22H26N4O2S. The van der Waals surface area contributed by atoms with Crippen LogP contribution in [0.1, 0.15) is 49.0 Å². The molecule has 3 aromatic rings. The topological polar surface area (TPSA) is 92.5 Å². The van der Waals surface area contributed by atoms with E-state index in [4.69, 9.17) is 10.5 Å². The molecule has 0 aliphatic heterocycles. The first-order chi connectivity index (χ1) is 14.1. The van der Waals surface area contributed by atoms with E-state index in [2.05, 4.69) is 33.6 Å². The molecule has 0 radical (unpaired) electrons. The zero-order valence-electron chi connectivity index (χ0n) is 16.5. The number of H-pyrrole nitrogens is 1. The van der Waals surface area contributed by atoms with Crippen molar-refractivity contribution in [2.24, 2.45) is 10.7 Å². The van der Waals surface area contributed by atoms with Gasteiger partial charge in [0.05, 0.1) is 17.2 Å². The summed E-state index contributed by atoms with van der Waals surface area (Å²) in [6.45, 7) is 2.21. The van der Waals surface area contributed by atoms with E-state index in [1.165, 1.54) is 10.9 Å². The van der Waals surface area contributed by atoms with E-state index in [1.807, 2.05) is 30.5 Å². The van der Waals surface area contributed by atoms with Gasteiger partial charge in [0, 0.05) is 23.1 Å². The summed E-state index contributed by atoms with van der Waals surface area (Å²) in [5.74, 6) is 0.922. The van der Waals surface area contributed by atoms with Gasteiger partial charge in [-0.25, -0.2) is 9.79 Å². The Morgan fingerprint density at radius 1 is 1.38 bits per heavy atom. The largest absolute Gasteiger partial charge is 0.450 e. The van der Waals surface area contributed by atoms with Gasteiger partial charge in [0.2, 0.25) is 0 Å². The molecule has 0 spiro atoms. The molecule has 0 bridgehead atoms. The summed E-state index contributed by atoms with van der Waals surface area (Å²) in [6, 6.07) is 10.2. The number of aromatic amines is 1. The first-order valence-corrected chi connectivity index (χ1v) is 10.9. The maximum atomic E-state index is 11.8. The molecule has 0 saturated heterocycles. The van der Waals surface area contributed by atoms with E-state index < -0.39 is 0 Å². The number of ether oxygens (including phenoxy) is 1. The lowest BCUT2D eigenvalue weighted by atomic mass is 9.81. The highest BCUT2D eigenvalue weighted by Crippen LogP contribution is 2.37. The van der Waals surface area contributed by atoms with Crippen LogP contribution in [0.4, 0.5) is 10.5 Å². The molecule has 7 heteroatoms. The molecule has 2 aromatic heterocycles. The quantitative estimate of drug-likeness (QED) is 0.406. The highest BCUT2D eigenvalue weighted by Gasteiger charge is 2.26. The van der Waals surface area contributed by atoms with Crippen LogP contribution >= 0.6 is 11.3 Å². The van der Waals surface area contributed by atoms with E-state index in [0.29, 0.717) is 18.4 Å². The number of amidine groups is 1. The van der Waals surface area contributed by atoms with E-state index in [1.54, 1.807) is 11.3 Å². The zero-order chi connectivity index (χ0) is 20.2. The standard InChI is InChI=1S/C22H26N4O2S/c1-2-28-22(27)26-15-6-3-5-14(11-15)18-13-24-19-9-8-16(12-17(18)19)25-21(23)20-7-4-10-29-20/h4,7-10,12-15,24H,2-3,5-6,11H2,1H3,(H2,23,25)(H,26,27). The SMILES string of the molecule is CCOC(=O)NC1CCCC(c2c[nH]c3ccc(N=C(N)c4cccs4)cc23)C1. The minimum absolute atomic E-state index is 0.147. The predicted octanol–water partition coefficient (Wildman–Crippen LogP) is 5.04. The van der Waals surface area contributed by atoms with Crippen LogP contribution in [0.15, 0.2) is 46.9 Å². The summed E-state index contributed by atoms with van der Waals surface area (Å²) in [5, 5.41) is 6.17. The van der Waals surface area contributed by atoms with Crippen molar-refractivity contribution in [3.05, 3.63) is 52.3 Å². The molecule has 2 atom stereocenters. The smallest absolute Gasteiger partial charge is 0.407 e. The van der Waals surface area contributed by atoms with Gasteiger partial charge in [-0.05, 0) is 67.3 Å². The Kier molecular flexibility index (Phi) is 5.85.